The fourth-order valence-corrected chi connectivity index (χ4v) is 2.25. The minimum atomic E-state index is -0.0286. The number of hydrogen-bond acceptors (Lipinski definition) is 4. The van der Waals surface area contributed by atoms with Crippen LogP contribution in [0.4, 0.5) is 0 Å². The van der Waals surface area contributed by atoms with E-state index in [1.165, 1.54) is 7.11 Å². The van der Waals surface area contributed by atoms with Crippen LogP contribution in [0.3, 0.4) is 0 Å². The number of nitrogens with zero attached hydrogens (tertiary/aromatic N) is 2. The first-order valence-corrected chi connectivity index (χ1v) is 7.78. The Balaban J connectivity index is 1.99. The third kappa shape index (κ3) is 4.84. The van der Waals surface area contributed by atoms with Crippen LogP contribution in [0.15, 0.2) is 53.7 Å². The lowest BCUT2D eigenvalue weighted by atomic mass is 10.1. The summed E-state index contributed by atoms with van der Waals surface area (Å²) >= 11 is 0. The molecule has 5 nitrogen and oxygen atoms in total. The summed E-state index contributed by atoms with van der Waals surface area (Å²) in [7, 11) is 3.28. The fraction of sp³-hybridized carbons (Fsp3) is 0.263. The molecule has 0 saturated heterocycles. The molecule has 2 rings (SSSR count). The predicted molar refractivity (Wildman–Crippen MR) is 94.5 cm³/mol. The summed E-state index contributed by atoms with van der Waals surface area (Å²) in [6.07, 6.45) is 1.60. The van der Waals surface area contributed by atoms with E-state index in [0.717, 1.165) is 16.9 Å². The molecule has 2 aromatic rings. The van der Waals surface area contributed by atoms with Crippen LogP contribution in [-0.4, -0.2) is 37.8 Å². The molecule has 24 heavy (non-hydrogen) atoms. The first-order chi connectivity index (χ1) is 11.6. The predicted octanol–water partition coefficient (Wildman–Crippen LogP) is 3.34. The Morgan fingerprint density at radius 3 is 2.38 bits per heavy atom. The fourth-order valence-electron chi connectivity index (χ4n) is 2.25. The van der Waals surface area contributed by atoms with Crippen molar-refractivity contribution in [3.8, 4) is 5.75 Å². The van der Waals surface area contributed by atoms with E-state index in [1.54, 1.807) is 30.3 Å². The number of ether oxygens (including phenoxy) is 1. The van der Waals surface area contributed by atoms with E-state index in [4.69, 9.17) is 4.74 Å². The van der Waals surface area contributed by atoms with Gasteiger partial charge in [-0.25, -0.2) is 0 Å². The molecule has 0 unspecified atom stereocenters. The molecule has 0 atom stereocenters. The van der Waals surface area contributed by atoms with Gasteiger partial charge in [-0.2, -0.15) is 0 Å². The van der Waals surface area contributed by atoms with Crippen molar-refractivity contribution >= 4 is 12.1 Å². The van der Waals surface area contributed by atoms with Crippen LogP contribution in [0.5, 0.6) is 5.75 Å². The highest BCUT2D eigenvalue weighted by atomic mass is 16.6. The maximum absolute atomic E-state index is 12.5. The average molecular weight is 326 g/mol. The van der Waals surface area contributed by atoms with Crippen LogP contribution >= 0.6 is 0 Å². The molecule has 0 bridgehead atoms. The van der Waals surface area contributed by atoms with Gasteiger partial charge < -0.3 is 14.5 Å². The maximum Gasteiger partial charge on any atom is 0.253 e. The number of oxime groups is 1. The summed E-state index contributed by atoms with van der Waals surface area (Å²) in [5.41, 5.74) is 2.57. The molecular weight excluding hydrogens is 304 g/mol. The Bertz CT molecular complexity index is 679. The van der Waals surface area contributed by atoms with Crippen molar-refractivity contribution in [1.29, 1.82) is 0 Å². The minimum Gasteiger partial charge on any atom is -0.494 e. The molecular formula is C19H22N2O3. The van der Waals surface area contributed by atoms with Crippen molar-refractivity contribution < 1.29 is 14.4 Å². The van der Waals surface area contributed by atoms with Gasteiger partial charge >= 0.3 is 0 Å². The van der Waals surface area contributed by atoms with E-state index >= 15 is 0 Å². The lowest BCUT2D eigenvalue weighted by Crippen LogP contribution is -2.26. The number of carbonyl (C=O) groups is 1. The van der Waals surface area contributed by atoms with Gasteiger partial charge in [0.2, 0.25) is 0 Å². The second kappa shape index (κ2) is 8.72. The molecule has 0 fully saturated rings. The van der Waals surface area contributed by atoms with E-state index in [-0.39, 0.29) is 5.91 Å². The van der Waals surface area contributed by atoms with Crippen molar-refractivity contribution in [2.75, 3.05) is 20.8 Å². The van der Waals surface area contributed by atoms with Gasteiger partial charge in [0.15, 0.2) is 0 Å². The summed E-state index contributed by atoms with van der Waals surface area (Å²) in [4.78, 5) is 18.8. The Kier molecular flexibility index (Phi) is 6.37. The Hall–Kier alpha value is -2.82. The summed E-state index contributed by atoms with van der Waals surface area (Å²) in [5.74, 6) is 0.808. The van der Waals surface area contributed by atoms with Gasteiger partial charge in [-0.1, -0.05) is 29.4 Å². The lowest BCUT2D eigenvalue weighted by molar-refractivity contribution is 0.0785. The second-order valence-electron chi connectivity index (χ2n) is 5.28. The number of amides is 1. The van der Waals surface area contributed by atoms with Crippen LogP contribution in [-0.2, 0) is 11.4 Å². The zero-order valence-electron chi connectivity index (χ0n) is 14.2. The van der Waals surface area contributed by atoms with Crippen LogP contribution in [0.2, 0.25) is 0 Å². The summed E-state index contributed by atoms with van der Waals surface area (Å²) < 4.78 is 5.42. The van der Waals surface area contributed by atoms with Crippen LogP contribution < -0.4 is 4.74 Å². The Morgan fingerprint density at radius 2 is 1.79 bits per heavy atom. The van der Waals surface area contributed by atoms with Gasteiger partial charge in [-0.15, -0.1) is 0 Å². The molecule has 0 spiro atoms. The van der Waals surface area contributed by atoms with Crippen LogP contribution in [0.1, 0.15) is 28.4 Å². The Morgan fingerprint density at radius 1 is 1.12 bits per heavy atom. The van der Waals surface area contributed by atoms with Gasteiger partial charge in [-0.05, 0) is 42.3 Å². The molecule has 126 valence electrons. The maximum atomic E-state index is 12.5. The highest BCUT2D eigenvalue weighted by molar-refractivity contribution is 5.94. The van der Waals surface area contributed by atoms with E-state index in [9.17, 15) is 4.79 Å². The number of hydrogen-bond donors (Lipinski definition) is 0. The smallest absolute Gasteiger partial charge is 0.253 e. The lowest BCUT2D eigenvalue weighted by Gasteiger charge is -2.17. The molecule has 5 heteroatoms. The molecule has 0 saturated carbocycles. The van der Waals surface area contributed by atoms with Gasteiger partial charge in [0.05, 0.1) is 12.8 Å². The van der Waals surface area contributed by atoms with Gasteiger partial charge in [0.1, 0.15) is 12.9 Å². The first kappa shape index (κ1) is 17.5. The molecule has 0 radical (unpaired) electrons. The highest BCUT2D eigenvalue weighted by Gasteiger charge is 2.12. The first-order valence-electron chi connectivity index (χ1n) is 7.78. The van der Waals surface area contributed by atoms with E-state index < -0.39 is 0 Å². The molecule has 1 amide bonds. The third-order valence-electron chi connectivity index (χ3n) is 3.47. The summed E-state index contributed by atoms with van der Waals surface area (Å²) in [6.45, 7) is 3.13. The van der Waals surface area contributed by atoms with Crippen molar-refractivity contribution in [1.82, 2.24) is 4.90 Å². The SMILES string of the molecule is CCOc1ccc(CN(C)C(=O)c2ccc(/C=N/OC)cc2)cc1. The van der Waals surface area contributed by atoms with Gasteiger partial charge in [-0.3, -0.25) is 4.79 Å². The molecule has 0 aromatic heterocycles. The molecule has 2 aromatic carbocycles. The van der Waals surface area contributed by atoms with E-state index in [1.807, 2.05) is 43.3 Å². The van der Waals surface area contributed by atoms with Crippen molar-refractivity contribution in [2.45, 2.75) is 13.5 Å². The number of rotatable bonds is 7. The van der Waals surface area contributed by atoms with Crippen molar-refractivity contribution in [2.24, 2.45) is 5.16 Å². The van der Waals surface area contributed by atoms with Crippen molar-refractivity contribution in [3.05, 3.63) is 65.2 Å². The van der Waals surface area contributed by atoms with Crippen molar-refractivity contribution in [3.63, 3.8) is 0 Å². The van der Waals surface area contributed by atoms with Gasteiger partial charge in [0, 0.05) is 19.2 Å². The second-order valence-corrected chi connectivity index (χ2v) is 5.28. The zero-order valence-corrected chi connectivity index (χ0v) is 14.2. The quantitative estimate of drug-likeness (QED) is 0.579. The summed E-state index contributed by atoms with van der Waals surface area (Å²) in [6, 6.07) is 15.0. The standard InChI is InChI=1S/C19H22N2O3/c1-4-24-18-11-7-16(8-12-18)14-21(2)19(22)17-9-5-15(6-10-17)13-20-23-3/h5-13H,4,14H2,1-3H3/b20-13+. The minimum absolute atomic E-state index is 0.0286. The molecule has 0 aliphatic carbocycles. The zero-order chi connectivity index (χ0) is 17.4. The molecule has 0 aliphatic heterocycles. The van der Waals surface area contributed by atoms with Crippen LogP contribution in [0.25, 0.3) is 0 Å². The summed E-state index contributed by atoms with van der Waals surface area (Å²) in [5, 5.41) is 3.70. The average Bonchev–Trinajstić information content (AvgIpc) is 2.61. The Labute approximate surface area is 142 Å². The van der Waals surface area contributed by atoms with E-state index in [0.29, 0.717) is 18.7 Å². The molecule has 0 heterocycles. The third-order valence-corrected chi connectivity index (χ3v) is 3.47. The van der Waals surface area contributed by atoms with Crippen LogP contribution in [0, 0.1) is 0 Å². The number of carbonyl (C=O) groups excluding carboxylic acids is 1. The monoisotopic (exact) mass is 326 g/mol. The molecule has 0 N–H and O–H groups in total. The largest absolute Gasteiger partial charge is 0.494 e. The topological polar surface area (TPSA) is 51.1 Å². The van der Waals surface area contributed by atoms with Gasteiger partial charge in [0.25, 0.3) is 5.91 Å². The number of benzene rings is 2. The normalized spacial score (nSPS) is 10.6. The van der Waals surface area contributed by atoms with E-state index in [2.05, 4.69) is 9.99 Å². The highest BCUT2D eigenvalue weighted by Crippen LogP contribution is 2.14. The molecule has 0 aliphatic rings.